The molecular formula is C20H32N6. The molecule has 2 N–H and O–H groups in total. The molecule has 1 atom stereocenters. The van der Waals surface area contributed by atoms with E-state index in [1.54, 1.807) is 0 Å². The molecule has 2 rings (SSSR count). The molecule has 26 heavy (non-hydrogen) atoms. The summed E-state index contributed by atoms with van der Waals surface area (Å²) in [6.45, 7) is 9.90. The zero-order chi connectivity index (χ0) is 18.9. The van der Waals surface area contributed by atoms with Crippen LogP contribution in [0.1, 0.15) is 50.8 Å². The molecule has 0 aliphatic heterocycles. The molecule has 0 radical (unpaired) electrons. The minimum Gasteiger partial charge on any atom is -0.354 e. The van der Waals surface area contributed by atoms with Crippen molar-refractivity contribution in [2.75, 3.05) is 0 Å². The molecule has 0 saturated heterocycles. The molecule has 0 amide bonds. The van der Waals surface area contributed by atoms with Crippen LogP contribution in [0.5, 0.6) is 0 Å². The van der Waals surface area contributed by atoms with Crippen LogP contribution in [0.25, 0.3) is 0 Å². The van der Waals surface area contributed by atoms with Crippen LogP contribution in [0.4, 0.5) is 0 Å². The second kappa shape index (κ2) is 9.94. The molecule has 0 aliphatic rings. The summed E-state index contributed by atoms with van der Waals surface area (Å²) in [7, 11) is 1.98. The second-order valence-electron chi connectivity index (χ2n) is 7.24. The third-order valence-corrected chi connectivity index (χ3v) is 4.42. The molecule has 0 spiro atoms. The summed E-state index contributed by atoms with van der Waals surface area (Å²) in [5.41, 5.74) is 1.19. The van der Waals surface area contributed by atoms with Gasteiger partial charge in [-0.3, -0.25) is 0 Å². The van der Waals surface area contributed by atoms with Crippen molar-refractivity contribution in [1.82, 2.24) is 25.4 Å². The first-order valence-corrected chi connectivity index (χ1v) is 9.39. The molecule has 0 bridgehead atoms. The fourth-order valence-electron chi connectivity index (χ4n) is 2.56. The van der Waals surface area contributed by atoms with Crippen molar-refractivity contribution in [3.05, 3.63) is 47.5 Å². The van der Waals surface area contributed by atoms with Gasteiger partial charge in [0.05, 0.1) is 13.1 Å². The average Bonchev–Trinajstić information content (AvgIpc) is 2.95. The quantitative estimate of drug-likeness (QED) is 0.563. The van der Waals surface area contributed by atoms with E-state index in [0.29, 0.717) is 25.0 Å². The summed E-state index contributed by atoms with van der Waals surface area (Å²) in [4.78, 5) is 4.75. The Bertz CT molecular complexity index is 690. The average molecular weight is 357 g/mol. The van der Waals surface area contributed by atoms with E-state index in [2.05, 4.69) is 53.7 Å². The lowest BCUT2D eigenvalue weighted by Crippen LogP contribution is -2.42. The largest absolute Gasteiger partial charge is 0.354 e. The lowest BCUT2D eigenvalue weighted by atomic mass is 10.0. The van der Waals surface area contributed by atoms with Crippen LogP contribution in [0.15, 0.2) is 35.3 Å². The van der Waals surface area contributed by atoms with Crippen LogP contribution in [0, 0.1) is 12.8 Å². The summed E-state index contributed by atoms with van der Waals surface area (Å²) in [6, 6.07) is 10.7. The maximum atomic E-state index is 4.75. The van der Waals surface area contributed by atoms with Crippen molar-refractivity contribution in [2.45, 2.75) is 59.7 Å². The van der Waals surface area contributed by atoms with E-state index in [0.717, 1.165) is 24.0 Å². The molecule has 0 aliphatic carbocycles. The van der Waals surface area contributed by atoms with Gasteiger partial charge < -0.3 is 15.2 Å². The smallest absolute Gasteiger partial charge is 0.192 e. The van der Waals surface area contributed by atoms with Gasteiger partial charge in [-0.2, -0.15) is 0 Å². The Kier molecular flexibility index (Phi) is 7.63. The van der Waals surface area contributed by atoms with E-state index in [1.165, 1.54) is 12.0 Å². The van der Waals surface area contributed by atoms with Gasteiger partial charge in [-0.25, -0.2) is 4.99 Å². The summed E-state index contributed by atoms with van der Waals surface area (Å²) >= 11 is 0. The van der Waals surface area contributed by atoms with Crippen molar-refractivity contribution in [3.63, 3.8) is 0 Å². The number of nitrogens with zero attached hydrogens (tertiary/aromatic N) is 4. The van der Waals surface area contributed by atoms with Gasteiger partial charge in [0.2, 0.25) is 0 Å². The van der Waals surface area contributed by atoms with Crippen molar-refractivity contribution in [3.8, 4) is 0 Å². The summed E-state index contributed by atoms with van der Waals surface area (Å²) in [6.07, 6.45) is 2.31. The number of aryl methyl sites for hydroxylation is 1. The van der Waals surface area contributed by atoms with Crippen LogP contribution in [0.3, 0.4) is 0 Å². The van der Waals surface area contributed by atoms with Crippen LogP contribution >= 0.6 is 0 Å². The molecule has 142 valence electrons. The summed E-state index contributed by atoms with van der Waals surface area (Å²) in [5.74, 6) is 3.32. The predicted octanol–water partition coefficient (Wildman–Crippen LogP) is 3.18. The fraction of sp³-hybridized carbons (Fsp3) is 0.550. The van der Waals surface area contributed by atoms with Crippen molar-refractivity contribution < 1.29 is 0 Å². The maximum Gasteiger partial charge on any atom is 0.192 e. The van der Waals surface area contributed by atoms with Gasteiger partial charge in [0.15, 0.2) is 11.8 Å². The molecule has 2 aromatic rings. The van der Waals surface area contributed by atoms with Crippen molar-refractivity contribution >= 4 is 5.96 Å². The third-order valence-electron chi connectivity index (χ3n) is 4.42. The second-order valence-corrected chi connectivity index (χ2v) is 7.24. The number of hydrogen-bond acceptors (Lipinski definition) is 3. The SMILES string of the molecule is Cc1nnc(CNC(=NCc2ccccc2)NC(C)CCC(C)C)n1C. The third kappa shape index (κ3) is 6.50. The van der Waals surface area contributed by atoms with Gasteiger partial charge in [-0.1, -0.05) is 44.2 Å². The Morgan fingerprint density at radius 2 is 1.85 bits per heavy atom. The Balaban J connectivity index is 2.01. The highest BCUT2D eigenvalue weighted by Gasteiger charge is 2.09. The van der Waals surface area contributed by atoms with Crippen LogP contribution < -0.4 is 10.6 Å². The minimum absolute atomic E-state index is 0.362. The summed E-state index contributed by atoms with van der Waals surface area (Å²) in [5, 5.41) is 15.2. The molecule has 1 unspecified atom stereocenters. The van der Waals surface area contributed by atoms with Crippen LogP contribution in [0.2, 0.25) is 0 Å². The zero-order valence-corrected chi connectivity index (χ0v) is 16.7. The number of benzene rings is 1. The monoisotopic (exact) mass is 356 g/mol. The number of aliphatic imine (C=N–C) groups is 1. The van der Waals surface area contributed by atoms with Crippen molar-refractivity contribution in [1.29, 1.82) is 0 Å². The Morgan fingerprint density at radius 3 is 2.46 bits per heavy atom. The zero-order valence-electron chi connectivity index (χ0n) is 16.7. The Morgan fingerprint density at radius 1 is 1.12 bits per heavy atom. The number of nitrogens with one attached hydrogen (secondary N) is 2. The molecule has 0 fully saturated rings. The van der Waals surface area contributed by atoms with E-state index in [4.69, 9.17) is 4.99 Å². The molecular weight excluding hydrogens is 324 g/mol. The topological polar surface area (TPSA) is 67.1 Å². The highest BCUT2D eigenvalue weighted by atomic mass is 15.3. The molecule has 6 nitrogen and oxygen atoms in total. The van der Waals surface area contributed by atoms with Gasteiger partial charge in [0.1, 0.15) is 5.82 Å². The molecule has 6 heteroatoms. The lowest BCUT2D eigenvalue weighted by molar-refractivity contribution is 0.488. The van der Waals surface area contributed by atoms with E-state index in [1.807, 2.05) is 36.7 Å². The maximum absolute atomic E-state index is 4.75. The first kappa shape index (κ1) is 19.9. The normalized spacial score (nSPS) is 13.1. The Hall–Kier alpha value is -2.37. The number of rotatable bonds is 8. The molecule has 1 aromatic carbocycles. The van der Waals surface area contributed by atoms with Gasteiger partial charge in [0.25, 0.3) is 0 Å². The first-order chi connectivity index (χ1) is 12.5. The highest BCUT2D eigenvalue weighted by molar-refractivity contribution is 5.80. The molecule has 1 aromatic heterocycles. The number of hydrogen-bond donors (Lipinski definition) is 2. The van der Waals surface area contributed by atoms with E-state index in [9.17, 15) is 0 Å². The van der Waals surface area contributed by atoms with E-state index < -0.39 is 0 Å². The highest BCUT2D eigenvalue weighted by Crippen LogP contribution is 2.07. The number of guanidine groups is 1. The fourth-order valence-corrected chi connectivity index (χ4v) is 2.56. The summed E-state index contributed by atoms with van der Waals surface area (Å²) < 4.78 is 1.99. The molecule has 1 heterocycles. The van der Waals surface area contributed by atoms with E-state index in [-0.39, 0.29) is 0 Å². The predicted molar refractivity (Wildman–Crippen MR) is 107 cm³/mol. The standard InChI is InChI=1S/C20H32N6/c1-15(2)11-12-16(3)23-20(21-13-18-9-7-6-8-10-18)22-14-19-25-24-17(4)26(19)5/h6-10,15-16H,11-14H2,1-5H3,(H2,21,22,23). The van der Waals surface area contributed by atoms with E-state index >= 15 is 0 Å². The van der Waals surface area contributed by atoms with Gasteiger partial charge in [0, 0.05) is 13.1 Å². The number of aromatic nitrogens is 3. The lowest BCUT2D eigenvalue weighted by Gasteiger charge is -2.19. The van der Waals surface area contributed by atoms with Gasteiger partial charge in [-0.05, 0) is 38.2 Å². The van der Waals surface area contributed by atoms with Crippen LogP contribution in [-0.2, 0) is 20.1 Å². The van der Waals surface area contributed by atoms with Gasteiger partial charge in [-0.15, -0.1) is 10.2 Å². The molecule has 0 saturated carbocycles. The Labute approximate surface area is 157 Å². The van der Waals surface area contributed by atoms with Crippen molar-refractivity contribution in [2.24, 2.45) is 18.0 Å². The van der Waals surface area contributed by atoms with Crippen LogP contribution in [-0.4, -0.2) is 26.8 Å². The minimum atomic E-state index is 0.362. The first-order valence-electron chi connectivity index (χ1n) is 9.39. The van der Waals surface area contributed by atoms with Gasteiger partial charge >= 0.3 is 0 Å².